The van der Waals surface area contributed by atoms with Gasteiger partial charge in [-0.3, -0.25) is 4.79 Å². The molecule has 31 heavy (non-hydrogen) atoms. The summed E-state index contributed by atoms with van der Waals surface area (Å²) in [7, 11) is -3.31. The number of nitrogens with zero attached hydrogens (tertiary/aromatic N) is 2. The Bertz CT molecular complexity index is 1170. The van der Waals surface area contributed by atoms with E-state index in [0.29, 0.717) is 16.3 Å². The molecule has 1 fully saturated rings. The average Bonchev–Trinajstić information content (AvgIpc) is 3.21. The Hall–Kier alpha value is -2.52. The lowest BCUT2D eigenvalue weighted by Gasteiger charge is -2.28. The van der Waals surface area contributed by atoms with Crippen molar-refractivity contribution in [2.75, 3.05) is 34.8 Å². The number of hydrogen-bond donors (Lipinski definition) is 1. The third kappa shape index (κ3) is 5.22. The Morgan fingerprint density at radius 2 is 1.87 bits per heavy atom. The highest BCUT2D eigenvalue weighted by Gasteiger charge is 2.16. The van der Waals surface area contributed by atoms with E-state index in [1.54, 1.807) is 13.0 Å². The first kappa shape index (κ1) is 21.7. The number of fused-ring (bicyclic) bond motifs is 1. The van der Waals surface area contributed by atoms with Crippen LogP contribution in [0.15, 0.2) is 57.0 Å². The molecule has 0 saturated carbocycles. The molecular weight excluding hydrogens is 434 g/mol. The van der Waals surface area contributed by atoms with E-state index in [1.165, 1.54) is 48.8 Å². The minimum absolute atomic E-state index is 0.0249. The van der Waals surface area contributed by atoms with Crippen LogP contribution in [0.3, 0.4) is 0 Å². The molecule has 1 amide bonds. The summed E-state index contributed by atoms with van der Waals surface area (Å²) in [5, 5.41) is 3.22. The van der Waals surface area contributed by atoms with Gasteiger partial charge >= 0.3 is 0 Å². The zero-order valence-electron chi connectivity index (χ0n) is 17.3. The molecule has 3 aromatic rings. The van der Waals surface area contributed by atoms with Crippen LogP contribution in [-0.4, -0.2) is 43.9 Å². The van der Waals surface area contributed by atoms with E-state index >= 15 is 0 Å². The van der Waals surface area contributed by atoms with Crippen molar-refractivity contribution in [1.29, 1.82) is 0 Å². The summed E-state index contributed by atoms with van der Waals surface area (Å²) >= 11 is 1.17. The van der Waals surface area contributed by atoms with Crippen molar-refractivity contribution in [3.63, 3.8) is 0 Å². The number of nitrogens with one attached hydrogen (secondary N) is 1. The first-order chi connectivity index (χ1) is 14.9. The zero-order valence-corrected chi connectivity index (χ0v) is 19.0. The van der Waals surface area contributed by atoms with E-state index < -0.39 is 9.84 Å². The fourth-order valence-electron chi connectivity index (χ4n) is 3.54. The van der Waals surface area contributed by atoms with Gasteiger partial charge in [-0.1, -0.05) is 18.7 Å². The topological polar surface area (TPSA) is 92.5 Å². The highest BCUT2D eigenvalue weighted by Crippen LogP contribution is 2.26. The molecule has 1 aromatic heterocycles. The lowest BCUT2D eigenvalue weighted by atomic mass is 10.1. The molecule has 9 heteroatoms. The molecule has 2 aromatic carbocycles. The summed E-state index contributed by atoms with van der Waals surface area (Å²) in [5.41, 5.74) is 2.89. The number of rotatable bonds is 7. The highest BCUT2D eigenvalue weighted by atomic mass is 32.2. The van der Waals surface area contributed by atoms with E-state index in [-0.39, 0.29) is 22.3 Å². The number of carbonyl (C=O) groups excluding carboxylic acids is 1. The number of piperidine rings is 1. The van der Waals surface area contributed by atoms with Crippen molar-refractivity contribution in [2.45, 2.75) is 36.3 Å². The van der Waals surface area contributed by atoms with E-state index in [2.05, 4.69) is 15.2 Å². The first-order valence-corrected chi connectivity index (χ1v) is 13.0. The standard InChI is InChI=1S/C22H25N3O4S2/c1-2-31(27,28)18-10-11-20-19(14-18)24-22(29-20)30-15-21(26)23-16-6-8-17(9-7-16)25-12-4-3-5-13-25/h6-11,14H,2-5,12-13,15H2,1H3,(H,23,26). The monoisotopic (exact) mass is 459 g/mol. The number of oxazole rings is 1. The van der Waals surface area contributed by atoms with Crippen LogP contribution in [0, 0.1) is 0 Å². The van der Waals surface area contributed by atoms with Gasteiger partial charge in [0.05, 0.1) is 16.4 Å². The predicted molar refractivity (Wildman–Crippen MR) is 124 cm³/mol. The number of hydrogen-bond acceptors (Lipinski definition) is 7. The molecule has 2 heterocycles. The van der Waals surface area contributed by atoms with E-state index in [4.69, 9.17) is 4.42 Å². The summed E-state index contributed by atoms with van der Waals surface area (Å²) in [6.45, 7) is 3.76. The Morgan fingerprint density at radius 3 is 2.58 bits per heavy atom. The van der Waals surface area contributed by atoms with Crippen LogP contribution in [-0.2, 0) is 14.6 Å². The van der Waals surface area contributed by atoms with Crippen molar-refractivity contribution >= 4 is 50.0 Å². The number of carbonyl (C=O) groups is 1. The van der Waals surface area contributed by atoms with Gasteiger partial charge in [0.1, 0.15) is 5.52 Å². The van der Waals surface area contributed by atoms with Crippen LogP contribution in [0.2, 0.25) is 0 Å². The summed E-state index contributed by atoms with van der Waals surface area (Å²) in [6.07, 6.45) is 3.74. The van der Waals surface area contributed by atoms with Gasteiger partial charge in [0, 0.05) is 24.5 Å². The maximum absolute atomic E-state index is 12.3. The number of amides is 1. The summed E-state index contributed by atoms with van der Waals surface area (Å²) in [4.78, 5) is 19.2. The number of anilines is 2. The molecule has 1 N–H and O–H groups in total. The van der Waals surface area contributed by atoms with Gasteiger partial charge in [0.2, 0.25) is 5.91 Å². The normalized spacial score (nSPS) is 14.7. The highest BCUT2D eigenvalue weighted by molar-refractivity contribution is 7.99. The molecule has 0 unspecified atom stereocenters. The summed E-state index contributed by atoms with van der Waals surface area (Å²) in [6, 6.07) is 12.5. The van der Waals surface area contributed by atoms with E-state index in [1.807, 2.05) is 24.3 Å². The lowest BCUT2D eigenvalue weighted by molar-refractivity contribution is -0.113. The molecule has 0 bridgehead atoms. The van der Waals surface area contributed by atoms with Crippen molar-refractivity contribution in [3.05, 3.63) is 42.5 Å². The molecule has 0 radical (unpaired) electrons. The summed E-state index contributed by atoms with van der Waals surface area (Å²) < 4.78 is 29.7. The second-order valence-electron chi connectivity index (χ2n) is 7.44. The van der Waals surface area contributed by atoms with Crippen LogP contribution in [0.25, 0.3) is 11.1 Å². The Morgan fingerprint density at radius 1 is 1.13 bits per heavy atom. The molecular formula is C22H25N3O4S2. The Balaban J connectivity index is 1.34. The Kier molecular flexibility index (Phi) is 6.52. The quantitative estimate of drug-likeness (QED) is 0.525. The van der Waals surface area contributed by atoms with Gasteiger partial charge in [0.25, 0.3) is 5.22 Å². The molecule has 0 atom stereocenters. The number of sulfone groups is 1. The van der Waals surface area contributed by atoms with Crippen LogP contribution in [0.1, 0.15) is 26.2 Å². The number of thioether (sulfide) groups is 1. The van der Waals surface area contributed by atoms with Crippen molar-refractivity contribution < 1.29 is 17.6 Å². The lowest BCUT2D eigenvalue weighted by Crippen LogP contribution is -2.29. The predicted octanol–water partition coefficient (Wildman–Crippen LogP) is 4.34. The van der Waals surface area contributed by atoms with Crippen molar-refractivity contribution in [2.24, 2.45) is 0 Å². The number of aromatic nitrogens is 1. The van der Waals surface area contributed by atoms with Crippen LogP contribution in [0.5, 0.6) is 0 Å². The van der Waals surface area contributed by atoms with Crippen LogP contribution < -0.4 is 10.2 Å². The molecule has 4 rings (SSSR count). The largest absolute Gasteiger partial charge is 0.431 e. The van der Waals surface area contributed by atoms with Gasteiger partial charge in [-0.05, 0) is 61.7 Å². The van der Waals surface area contributed by atoms with Gasteiger partial charge in [-0.2, -0.15) is 0 Å². The van der Waals surface area contributed by atoms with Crippen LogP contribution >= 0.6 is 11.8 Å². The zero-order chi connectivity index (χ0) is 21.8. The maximum atomic E-state index is 12.3. The third-order valence-corrected chi connectivity index (χ3v) is 7.84. The van der Waals surface area contributed by atoms with E-state index in [0.717, 1.165) is 18.8 Å². The van der Waals surface area contributed by atoms with E-state index in [9.17, 15) is 13.2 Å². The summed E-state index contributed by atoms with van der Waals surface area (Å²) in [5.74, 6) is 0.00467. The minimum Gasteiger partial charge on any atom is -0.431 e. The first-order valence-electron chi connectivity index (χ1n) is 10.4. The minimum atomic E-state index is -3.31. The molecule has 0 spiro atoms. The fourth-order valence-corrected chi connectivity index (χ4v) is 5.08. The smallest absolute Gasteiger partial charge is 0.257 e. The molecule has 1 aliphatic heterocycles. The maximum Gasteiger partial charge on any atom is 0.257 e. The van der Waals surface area contributed by atoms with Gasteiger partial charge in [-0.25, -0.2) is 13.4 Å². The average molecular weight is 460 g/mol. The second-order valence-corrected chi connectivity index (χ2v) is 10.6. The molecule has 1 saturated heterocycles. The molecule has 164 valence electrons. The molecule has 0 aliphatic carbocycles. The Labute approximate surface area is 186 Å². The van der Waals surface area contributed by atoms with Gasteiger partial charge in [-0.15, -0.1) is 0 Å². The molecule has 1 aliphatic rings. The second kappa shape index (κ2) is 9.32. The van der Waals surface area contributed by atoms with Gasteiger partial charge < -0.3 is 14.6 Å². The van der Waals surface area contributed by atoms with Gasteiger partial charge in [0.15, 0.2) is 15.4 Å². The number of benzene rings is 2. The van der Waals surface area contributed by atoms with Crippen molar-refractivity contribution in [1.82, 2.24) is 4.98 Å². The fraction of sp³-hybridized carbons (Fsp3) is 0.364. The SMILES string of the molecule is CCS(=O)(=O)c1ccc2oc(SCC(=O)Nc3ccc(N4CCCCC4)cc3)nc2c1. The van der Waals surface area contributed by atoms with Crippen molar-refractivity contribution in [3.8, 4) is 0 Å². The van der Waals surface area contributed by atoms with Crippen LogP contribution in [0.4, 0.5) is 11.4 Å². The molecule has 7 nitrogen and oxygen atoms in total. The third-order valence-electron chi connectivity index (χ3n) is 5.28.